The first-order chi connectivity index (χ1) is 12.6. The van der Waals surface area contributed by atoms with Crippen LogP contribution in [0.2, 0.25) is 0 Å². The second-order valence-corrected chi connectivity index (χ2v) is 6.93. The van der Waals surface area contributed by atoms with Crippen LogP contribution in [0.1, 0.15) is 25.8 Å². The van der Waals surface area contributed by atoms with Crippen LogP contribution in [0.25, 0.3) is 11.1 Å². The van der Waals surface area contributed by atoms with Gasteiger partial charge in [0.05, 0.1) is 0 Å². The molecule has 140 valence electrons. The summed E-state index contributed by atoms with van der Waals surface area (Å²) in [6.45, 7) is 6.90. The lowest BCUT2D eigenvalue weighted by molar-refractivity contribution is 0.108. The molecule has 26 heavy (non-hydrogen) atoms. The fourth-order valence-electron chi connectivity index (χ4n) is 2.71. The van der Waals surface area contributed by atoms with Crippen molar-refractivity contribution >= 4 is 6.03 Å². The van der Waals surface area contributed by atoms with Gasteiger partial charge in [-0.05, 0) is 29.0 Å². The summed E-state index contributed by atoms with van der Waals surface area (Å²) in [5.41, 5.74) is 3.46. The van der Waals surface area contributed by atoms with Gasteiger partial charge >= 0.3 is 6.03 Å². The van der Waals surface area contributed by atoms with Gasteiger partial charge < -0.3 is 15.0 Å². The summed E-state index contributed by atoms with van der Waals surface area (Å²) in [5, 5.41) is 2.96. The Morgan fingerprint density at radius 3 is 2.50 bits per heavy atom. The SMILES string of the molecule is CC(C)COCCCNC(=O)N(C)Cc1ccccc1-c1ccccc1. The van der Waals surface area contributed by atoms with E-state index < -0.39 is 0 Å². The zero-order valence-corrected chi connectivity index (χ0v) is 16.1. The van der Waals surface area contributed by atoms with Crippen molar-refractivity contribution in [3.63, 3.8) is 0 Å². The molecule has 4 heteroatoms. The quantitative estimate of drug-likeness (QED) is 0.671. The Bertz CT molecular complexity index is 671. The molecule has 0 atom stereocenters. The number of amides is 2. The fraction of sp³-hybridized carbons (Fsp3) is 0.409. The molecule has 0 fully saturated rings. The largest absolute Gasteiger partial charge is 0.381 e. The van der Waals surface area contributed by atoms with E-state index in [2.05, 4.69) is 43.4 Å². The average molecular weight is 354 g/mol. The van der Waals surface area contributed by atoms with Crippen LogP contribution in [-0.4, -0.2) is 37.7 Å². The first-order valence-electron chi connectivity index (χ1n) is 9.28. The minimum absolute atomic E-state index is 0.0586. The van der Waals surface area contributed by atoms with Gasteiger partial charge in [0.25, 0.3) is 0 Å². The van der Waals surface area contributed by atoms with Crippen LogP contribution in [-0.2, 0) is 11.3 Å². The Kier molecular flexibility index (Phi) is 8.16. The van der Waals surface area contributed by atoms with Crippen LogP contribution in [0.5, 0.6) is 0 Å². The molecule has 0 aromatic heterocycles. The third-order valence-electron chi connectivity index (χ3n) is 4.05. The van der Waals surface area contributed by atoms with E-state index in [0.29, 0.717) is 25.6 Å². The molecule has 0 heterocycles. The van der Waals surface area contributed by atoms with Crippen molar-refractivity contribution in [3.05, 3.63) is 60.2 Å². The topological polar surface area (TPSA) is 41.6 Å². The number of ether oxygens (including phenoxy) is 1. The van der Waals surface area contributed by atoms with Gasteiger partial charge in [0, 0.05) is 33.4 Å². The Labute approximate surface area is 157 Å². The zero-order chi connectivity index (χ0) is 18.8. The number of carbonyl (C=O) groups excluding carboxylic acids is 1. The van der Waals surface area contributed by atoms with Crippen molar-refractivity contribution in [1.29, 1.82) is 0 Å². The molecule has 0 radical (unpaired) electrons. The van der Waals surface area contributed by atoms with E-state index in [9.17, 15) is 4.79 Å². The highest BCUT2D eigenvalue weighted by molar-refractivity contribution is 5.74. The second kappa shape index (κ2) is 10.6. The first-order valence-corrected chi connectivity index (χ1v) is 9.28. The van der Waals surface area contributed by atoms with Gasteiger partial charge in [0.2, 0.25) is 0 Å². The van der Waals surface area contributed by atoms with Crippen molar-refractivity contribution in [2.75, 3.05) is 26.8 Å². The predicted octanol–water partition coefficient (Wildman–Crippen LogP) is 4.56. The van der Waals surface area contributed by atoms with Crippen molar-refractivity contribution in [2.45, 2.75) is 26.8 Å². The Balaban J connectivity index is 1.84. The molecule has 0 aliphatic rings. The molecule has 2 amide bonds. The summed E-state index contributed by atoms with van der Waals surface area (Å²) in [6, 6.07) is 18.4. The molecular formula is C22H30N2O2. The molecule has 4 nitrogen and oxygen atoms in total. The molecule has 0 spiro atoms. The maximum absolute atomic E-state index is 12.3. The Morgan fingerprint density at radius 2 is 1.77 bits per heavy atom. The van der Waals surface area contributed by atoms with Crippen molar-refractivity contribution in [1.82, 2.24) is 10.2 Å². The first kappa shape index (κ1) is 20.0. The normalized spacial score (nSPS) is 10.8. The molecule has 0 saturated carbocycles. The van der Waals surface area contributed by atoms with Crippen LogP contribution in [0.3, 0.4) is 0 Å². The van der Waals surface area contributed by atoms with E-state index in [1.54, 1.807) is 4.90 Å². The van der Waals surface area contributed by atoms with Gasteiger partial charge in [-0.1, -0.05) is 68.4 Å². The number of carbonyl (C=O) groups is 1. The van der Waals surface area contributed by atoms with Gasteiger partial charge in [-0.25, -0.2) is 4.79 Å². The molecule has 2 aromatic rings. The molecule has 1 N–H and O–H groups in total. The highest BCUT2D eigenvalue weighted by atomic mass is 16.5. The molecule has 0 bridgehead atoms. The smallest absolute Gasteiger partial charge is 0.317 e. The van der Waals surface area contributed by atoms with E-state index >= 15 is 0 Å². The number of hydrogen-bond acceptors (Lipinski definition) is 2. The van der Waals surface area contributed by atoms with E-state index in [-0.39, 0.29) is 6.03 Å². The molecular weight excluding hydrogens is 324 g/mol. The number of nitrogens with zero attached hydrogens (tertiary/aromatic N) is 1. The van der Waals surface area contributed by atoms with Crippen molar-refractivity contribution in [2.24, 2.45) is 5.92 Å². The highest BCUT2D eigenvalue weighted by Gasteiger charge is 2.11. The summed E-state index contributed by atoms with van der Waals surface area (Å²) < 4.78 is 5.53. The number of nitrogens with one attached hydrogen (secondary N) is 1. The van der Waals surface area contributed by atoms with Crippen LogP contribution in [0.15, 0.2) is 54.6 Å². The Morgan fingerprint density at radius 1 is 1.08 bits per heavy atom. The van der Waals surface area contributed by atoms with Gasteiger partial charge in [0.15, 0.2) is 0 Å². The summed E-state index contributed by atoms with van der Waals surface area (Å²) in [5.74, 6) is 0.542. The lowest BCUT2D eigenvalue weighted by Gasteiger charge is -2.20. The Hall–Kier alpha value is -2.33. The molecule has 0 unspecified atom stereocenters. The van der Waals surface area contributed by atoms with Gasteiger partial charge in [-0.2, -0.15) is 0 Å². The summed E-state index contributed by atoms with van der Waals surface area (Å²) in [6.07, 6.45) is 0.826. The maximum Gasteiger partial charge on any atom is 0.317 e. The lowest BCUT2D eigenvalue weighted by atomic mass is 9.99. The van der Waals surface area contributed by atoms with E-state index in [0.717, 1.165) is 24.2 Å². The van der Waals surface area contributed by atoms with Gasteiger partial charge in [-0.3, -0.25) is 0 Å². The second-order valence-electron chi connectivity index (χ2n) is 6.93. The molecule has 0 saturated heterocycles. The number of rotatable bonds is 9. The van der Waals surface area contributed by atoms with Crippen molar-refractivity contribution < 1.29 is 9.53 Å². The van der Waals surface area contributed by atoms with Crippen LogP contribution >= 0.6 is 0 Å². The molecule has 2 rings (SSSR count). The molecule has 2 aromatic carbocycles. The third kappa shape index (κ3) is 6.52. The van der Waals surface area contributed by atoms with Crippen molar-refractivity contribution in [3.8, 4) is 11.1 Å². The van der Waals surface area contributed by atoms with E-state index in [4.69, 9.17) is 4.74 Å². The zero-order valence-electron chi connectivity index (χ0n) is 16.1. The molecule has 0 aliphatic carbocycles. The maximum atomic E-state index is 12.3. The highest BCUT2D eigenvalue weighted by Crippen LogP contribution is 2.24. The monoisotopic (exact) mass is 354 g/mol. The summed E-state index contributed by atoms with van der Waals surface area (Å²) >= 11 is 0. The minimum Gasteiger partial charge on any atom is -0.381 e. The van der Waals surface area contributed by atoms with E-state index in [1.165, 1.54) is 5.56 Å². The van der Waals surface area contributed by atoms with Crippen LogP contribution in [0.4, 0.5) is 4.79 Å². The van der Waals surface area contributed by atoms with Crippen LogP contribution in [0, 0.1) is 5.92 Å². The van der Waals surface area contributed by atoms with Crippen LogP contribution < -0.4 is 5.32 Å². The van der Waals surface area contributed by atoms with E-state index in [1.807, 2.05) is 37.4 Å². The van der Waals surface area contributed by atoms with Gasteiger partial charge in [0.1, 0.15) is 0 Å². The minimum atomic E-state index is -0.0586. The number of hydrogen-bond donors (Lipinski definition) is 1. The standard InChI is InChI=1S/C22H30N2O2/c1-18(2)17-26-15-9-14-23-22(25)24(3)16-20-12-7-8-13-21(20)19-10-5-4-6-11-19/h4-8,10-13,18H,9,14-17H2,1-3H3,(H,23,25). The predicted molar refractivity (Wildman–Crippen MR) is 107 cm³/mol. The summed E-state index contributed by atoms with van der Waals surface area (Å²) in [7, 11) is 1.83. The lowest BCUT2D eigenvalue weighted by Crippen LogP contribution is -2.37. The molecule has 0 aliphatic heterocycles. The number of benzene rings is 2. The third-order valence-corrected chi connectivity index (χ3v) is 4.05. The summed E-state index contributed by atoms with van der Waals surface area (Å²) in [4.78, 5) is 14.0. The fourth-order valence-corrected chi connectivity index (χ4v) is 2.71. The van der Waals surface area contributed by atoms with Gasteiger partial charge in [-0.15, -0.1) is 0 Å². The number of urea groups is 1. The average Bonchev–Trinajstić information content (AvgIpc) is 2.65.